The summed E-state index contributed by atoms with van der Waals surface area (Å²) in [5.74, 6) is -0.671. The number of amides is 1. The Balaban J connectivity index is 1.77. The van der Waals surface area contributed by atoms with Crippen LogP contribution < -0.4 is 4.74 Å². The Kier molecular flexibility index (Phi) is 7.50. The number of ether oxygens (including phenoxy) is 1. The molecule has 1 aliphatic heterocycles. The van der Waals surface area contributed by atoms with Gasteiger partial charge in [-0.05, 0) is 42.3 Å². The highest BCUT2D eigenvalue weighted by atomic mass is 16.5. The standard InChI is InChI=1S/C29H34N2O5/c1-6-30(7-2)15-16-31-25(20-13-11-19(12-14-20)18(3)4)24(27(33)29(31)34)26(32)23-17-21-9-8-10-22(35-5)28(21)36-23/h8-14,17-18,25,33H,6-7,15-16H2,1-5H3/t25-/m1/s1. The van der Waals surface area contributed by atoms with Crippen LogP contribution in [0.3, 0.4) is 0 Å². The van der Waals surface area contributed by atoms with Gasteiger partial charge in [0.25, 0.3) is 5.91 Å². The highest BCUT2D eigenvalue weighted by molar-refractivity contribution is 6.16. The van der Waals surface area contributed by atoms with E-state index in [-0.39, 0.29) is 11.3 Å². The molecule has 3 aromatic rings. The van der Waals surface area contributed by atoms with Crippen molar-refractivity contribution >= 4 is 22.7 Å². The third-order valence-electron chi connectivity index (χ3n) is 6.97. The fourth-order valence-corrected chi connectivity index (χ4v) is 4.76. The number of likely N-dealkylation sites (N-methyl/N-ethyl adjacent to an activating group) is 1. The molecule has 1 atom stereocenters. The Labute approximate surface area is 211 Å². The molecule has 1 aliphatic rings. The van der Waals surface area contributed by atoms with Crippen LogP contribution in [-0.4, -0.2) is 59.9 Å². The van der Waals surface area contributed by atoms with Crippen LogP contribution in [0.25, 0.3) is 11.0 Å². The molecule has 0 unspecified atom stereocenters. The van der Waals surface area contributed by atoms with Gasteiger partial charge in [-0.3, -0.25) is 9.59 Å². The summed E-state index contributed by atoms with van der Waals surface area (Å²) in [6.45, 7) is 11.1. The van der Waals surface area contributed by atoms with Crippen LogP contribution in [0.4, 0.5) is 0 Å². The molecule has 7 heteroatoms. The third kappa shape index (κ3) is 4.63. The Morgan fingerprint density at radius 3 is 2.44 bits per heavy atom. The number of aliphatic hydroxyl groups excluding tert-OH is 1. The van der Waals surface area contributed by atoms with E-state index in [0.29, 0.717) is 35.7 Å². The maximum atomic E-state index is 13.8. The van der Waals surface area contributed by atoms with Crippen LogP contribution in [0.15, 0.2) is 64.3 Å². The van der Waals surface area contributed by atoms with Crippen molar-refractivity contribution in [2.75, 3.05) is 33.3 Å². The second-order valence-corrected chi connectivity index (χ2v) is 9.33. The first kappa shape index (κ1) is 25.5. The largest absolute Gasteiger partial charge is 0.503 e. The first-order valence-electron chi connectivity index (χ1n) is 12.5. The maximum absolute atomic E-state index is 13.8. The summed E-state index contributed by atoms with van der Waals surface area (Å²) in [5.41, 5.74) is 2.41. The Hall–Kier alpha value is -3.58. The summed E-state index contributed by atoms with van der Waals surface area (Å²) in [4.78, 5) is 30.8. The molecule has 1 N–H and O–H groups in total. The van der Waals surface area contributed by atoms with Crippen molar-refractivity contribution in [2.24, 2.45) is 0 Å². The Morgan fingerprint density at radius 1 is 1.14 bits per heavy atom. The fourth-order valence-electron chi connectivity index (χ4n) is 4.76. The molecule has 2 aromatic carbocycles. The van der Waals surface area contributed by atoms with E-state index in [2.05, 4.69) is 32.6 Å². The molecule has 2 heterocycles. The van der Waals surface area contributed by atoms with Crippen LogP contribution in [-0.2, 0) is 4.79 Å². The summed E-state index contributed by atoms with van der Waals surface area (Å²) < 4.78 is 11.3. The van der Waals surface area contributed by atoms with Crippen molar-refractivity contribution in [1.29, 1.82) is 0 Å². The number of ketones is 1. The molecule has 190 valence electrons. The predicted molar refractivity (Wildman–Crippen MR) is 140 cm³/mol. The lowest BCUT2D eigenvalue weighted by Gasteiger charge is -2.29. The molecule has 0 bridgehead atoms. The van der Waals surface area contributed by atoms with E-state index in [9.17, 15) is 14.7 Å². The van der Waals surface area contributed by atoms with Gasteiger partial charge in [-0.25, -0.2) is 0 Å². The SMILES string of the molecule is CCN(CC)CCN1C(=O)C(O)=C(C(=O)c2cc3cccc(OC)c3o2)[C@H]1c1ccc(C(C)C)cc1. The van der Waals surface area contributed by atoms with Crippen LogP contribution in [0.5, 0.6) is 5.75 Å². The zero-order valence-electron chi connectivity index (χ0n) is 21.6. The number of carbonyl (C=O) groups is 2. The maximum Gasteiger partial charge on any atom is 0.290 e. The molecular formula is C29H34N2O5. The lowest BCUT2D eigenvalue weighted by molar-refractivity contribution is -0.129. The summed E-state index contributed by atoms with van der Waals surface area (Å²) in [6, 6.07) is 14.2. The first-order chi connectivity index (χ1) is 17.3. The first-order valence-corrected chi connectivity index (χ1v) is 12.5. The van der Waals surface area contributed by atoms with Gasteiger partial charge in [-0.15, -0.1) is 0 Å². The zero-order valence-corrected chi connectivity index (χ0v) is 21.6. The molecule has 7 nitrogen and oxygen atoms in total. The molecule has 0 aliphatic carbocycles. The van der Waals surface area contributed by atoms with E-state index in [0.717, 1.165) is 24.2 Å². The molecule has 0 radical (unpaired) electrons. The van der Waals surface area contributed by atoms with Gasteiger partial charge >= 0.3 is 0 Å². The van der Waals surface area contributed by atoms with Crippen molar-refractivity contribution in [3.8, 4) is 5.75 Å². The van der Waals surface area contributed by atoms with Gasteiger partial charge in [0.05, 0.1) is 18.7 Å². The van der Waals surface area contributed by atoms with Gasteiger partial charge in [0.15, 0.2) is 22.9 Å². The minimum Gasteiger partial charge on any atom is -0.503 e. The number of nitrogens with zero attached hydrogens (tertiary/aromatic N) is 2. The topological polar surface area (TPSA) is 83.2 Å². The van der Waals surface area contributed by atoms with Crippen molar-refractivity contribution in [1.82, 2.24) is 9.80 Å². The summed E-state index contributed by atoms with van der Waals surface area (Å²) >= 11 is 0. The van der Waals surface area contributed by atoms with Crippen molar-refractivity contribution in [3.63, 3.8) is 0 Å². The molecule has 0 fully saturated rings. The molecule has 0 saturated carbocycles. The zero-order chi connectivity index (χ0) is 26.0. The molecule has 1 amide bonds. The van der Waals surface area contributed by atoms with E-state index < -0.39 is 23.5 Å². The number of methoxy groups -OCH3 is 1. The number of carbonyl (C=O) groups excluding carboxylic acids is 2. The molecule has 0 saturated heterocycles. The number of benzene rings is 2. The van der Waals surface area contributed by atoms with E-state index in [1.54, 1.807) is 17.0 Å². The van der Waals surface area contributed by atoms with Crippen LogP contribution >= 0.6 is 0 Å². The van der Waals surface area contributed by atoms with Gasteiger partial charge in [-0.2, -0.15) is 0 Å². The van der Waals surface area contributed by atoms with Crippen molar-refractivity contribution in [3.05, 3.63) is 76.8 Å². The minimum absolute atomic E-state index is 0.0369. The number of hydrogen-bond acceptors (Lipinski definition) is 6. The smallest absolute Gasteiger partial charge is 0.290 e. The van der Waals surface area contributed by atoms with Gasteiger partial charge < -0.3 is 24.1 Å². The van der Waals surface area contributed by atoms with Crippen molar-refractivity contribution < 1.29 is 23.8 Å². The van der Waals surface area contributed by atoms with E-state index in [1.165, 1.54) is 7.11 Å². The summed E-state index contributed by atoms with van der Waals surface area (Å²) in [7, 11) is 1.54. The average molecular weight is 491 g/mol. The second kappa shape index (κ2) is 10.6. The van der Waals surface area contributed by atoms with E-state index >= 15 is 0 Å². The quantitative estimate of drug-likeness (QED) is 0.379. The third-order valence-corrected chi connectivity index (χ3v) is 6.97. The van der Waals surface area contributed by atoms with Crippen LogP contribution in [0, 0.1) is 0 Å². The van der Waals surface area contributed by atoms with Gasteiger partial charge in [0.1, 0.15) is 0 Å². The monoisotopic (exact) mass is 490 g/mol. The molecule has 36 heavy (non-hydrogen) atoms. The van der Waals surface area contributed by atoms with Gasteiger partial charge in [0.2, 0.25) is 5.78 Å². The molecule has 1 aromatic heterocycles. The molecule has 0 spiro atoms. The molecular weight excluding hydrogens is 456 g/mol. The number of hydrogen-bond donors (Lipinski definition) is 1. The predicted octanol–water partition coefficient (Wildman–Crippen LogP) is 5.48. The highest BCUT2D eigenvalue weighted by Crippen LogP contribution is 2.40. The second-order valence-electron chi connectivity index (χ2n) is 9.33. The number of furan rings is 1. The number of aliphatic hydroxyl groups is 1. The number of fused-ring (bicyclic) bond motifs is 1. The van der Waals surface area contributed by atoms with E-state index in [4.69, 9.17) is 9.15 Å². The molecule has 4 rings (SSSR count). The van der Waals surface area contributed by atoms with Gasteiger partial charge in [0, 0.05) is 18.5 Å². The van der Waals surface area contributed by atoms with E-state index in [1.807, 2.05) is 36.4 Å². The Morgan fingerprint density at radius 2 is 1.83 bits per heavy atom. The minimum atomic E-state index is -0.711. The average Bonchev–Trinajstić information content (AvgIpc) is 3.43. The number of Topliss-reactive ketones (excluding diaryl/α,β-unsaturated/α-hetero) is 1. The normalized spacial score (nSPS) is 16.1. The van der Waals surface area contributed by atoms with Gasteiger partial charge in [-0.1, -0.05) is 64.1 Å². The number of rotatable bonds is 10. The summed E-state index contributed by atoms with van der Waals surface area (Å²) in [5, 5.41) is 11.7. The van der Waals surface area contributed by atoms with Crippen LogP contribution in [0.2, 0.25) is 0 Å². The lowest BCUT2D eigenvalue weighted by Crippen LogP contribution is -2.38. The Bertz CT molecular complexity index is 1280. The number of para-hydroxylation sites is 1. The highest BCUT2D eigenvalue weighted by Gasteiger charge is 2.44. The van der Waals surface area contributed by atoms with Crippen molar-refractivity contribution in [2.45, 2.75) is 39.7 Å². The fraction of sp³-hybridized carbons (Fsp3) is 0.379. The summed E-state index contributed by atoms with van der Waals surface area (Å²) in [6.07, 6.45) is 0. The lowest BCUT2D eigenvalue weighted by atomic mass is 9.93. The van der Waals surface area contributed by atoms with Crippen LogP contribution in [0.1, 0.15) is 61.3 Å².